The lowest BCUT2D eigenvalue weighted by Gasteiger charge is -2.20. The summed E-state index contributed by atoms with van der Waals surface area (Å²) in [5.74, 6) is -5.14. The lowest BCUT2D eigenvalue weighted by atomic mass is 9.93. The first kappa shape index (κ1) is 27.3. The number of ketones is 1. The van der Waals surface area contributed by atoms with E-state index < -0.39 is 35.9 Å². The van der Waals surface area contributed by atoms with E-state index in [1.165, 1.54) is 18.2 Å². The molecule has 0 aliphatic heterocycles. The predicted octanol–water partition coefficient (Wildman–Crippen LogP) is 5.39. The summed E-state index contributed by atoms with van der Waals surface area (Å²) >= 11 is 11.8. The number of methoxy groups -OCH3 is 1. The van der Waals surface area contributed by atoms with Gasteiger partial charge in [-0.3, -0.25) is 19.2 Å². The van der Waals surface area contributed by atoms with Gasteiger partial charge in [-0.1, -0.05) is 62.2 Å². The molecule has 0 saturated carbocycles. The third-order valence-electron chi connectivity index (χ3n) is 5.56. The first-order valence-corrected chi connectivity index (χ1v) is 11.7. The van der Waals surface area contributed by atoms with Crippen molar-refractivity contribution < 1.29 is 23.9 Å². The molecule has 2 rings (SSSR count). The molecule has 0 bridgehead atoms. The third-order valence-corrected chi connectivity index (χ3v) is 6.30. The van der Waals surface area contributed by atoms with Gasteiger partial charge in [-0.15, -0.1) is 0 Å². The van der Waals surface area contributed by atoms with E-state index in [0.29, 0.717) is 22.8 Å². The zero-order chi connectivity index (χ0) is 25.4. The number of para-hydroxylation sites is 1. The van der Waals surface area contributed by atoms with Crippen LogP contribution in [0.15, 0.2) is 36.4 Å². The average Bonchev–Trinajstić information content (AvgIpc) is 2.83. The summed E-state index contributed by atoms with van der Waals surface area (Å²) in [6, 6.07) is 10.1. The van der Waals surface area contributed by atoms with Crippen LogP contribution < -0.4 is 10.6 Å². The molecular weight excluding hydrogens is 479 g/mol. The van der Waals surface area contributed by atoms with Gasteiger partial charge in [-0.2, -0.15) is 0 Å². The Morgan fingerprint density at radius 3 is 2.29 bits per heavy atom. The minimum absolute atomic E-state index is 0.144. The summed E-state index contributed by atoms with van der Waals surface area (Å²) in [5.41, 5.74) is 2.65. The molecule has 34 heavy (non-hydrogen) atoms. The molecule has 0 aliphatic carbocycles. The zero-order valence-electron chi connectivity index (χ0n) is 19.5. The number of amides is 2. The van der Waals surface area contributed by atoms with Crippen molar-refractivity contribution in [1.82, 2.24) is 0 Å². The van der Waals surface area contributed by atoms with Gasteiger partial charge in [-0.25, -0.2) is 0 Å². The molecule has 0 radical (unpaired) electrons. The molecule has 9 heteroatoms. The van der Waals surface area contributed by atoms with E-state index in [9.17, 15) is 19.2 Å². The number of ether oxygens (including phenoxy) is 1. The summed E-state index contributed by atoms with van der Waals surface area (Å²) < 4.78 is 4.69. The Balaban J connectivity index is 2.23. The van der Waals surface area contributed by atoms with E-state index in [1.807, 2.05) is 39.0 Å². The fraction of sp³-hybridized carbons (Fsp3) is 0.360. The van der Waals surface area contributed by atoms with Crippen LogP contribution in [0.25, 0.3) is 0 Å². The highest BCUT2D eigenvalue weighted by molar-refractivity contribution is 6.44. The monoisotopic (exact) mass is 506 g/mol. The van der Waals surface area contributed by atoms with E-state index in [0.717, 1.165) is 24.7 Å². The van der Waals surface area contributed by atoms with Crippen LogP contribution >= 0.6 is 23.2 Å². The maximum absolute atomic E-state index is 13.0. The van der Waals surface area contributed by atoms with Crippen LogP contribution in [0.2, 0.25) is 10.0 Å². The molecule has 0 aliphatic rings. The fourth-order valence-corrected chi connectivity index (χ4v) is 3.73. The summed E-state index contributed by atoms with van der Waals surface area (Å²) in [5, 5.41) is 5.76. The zero-order valence-corrected chi connectivity index (χ0v) is 21.0. The molecule has 0 aromatic heterocycles. The van der Waals surface area contributed by atoms with Crippen molar-refractivity contribution in [2.45, 2.75) is 46.0 Å². The lowest BCUT2D eigenvalue weighted by Crippen LogP contribution is -2.37. The third kappa shape index (κ3) is 6.81. The van der Waals surface area contributed by atoms with Gasteiger partial charge in [0.15, 0.2) is 0 Å². The van der Waals surface area contributed by atoms with Crippen LogP contribution in [-0.4, -0.2) is 30.7 Å². The largest absolute Gasteiger partial charge is 0.468 e. The van der Waals surface area contributed by atoms with Gasteiger partial charge in [-0.05, 0) is 48.1 Å². The van der Waals surface area contributed by atoms with E-state index in [-0.39, 0.29) is 10.9 Å². The summed E-state index contributed by atoms with van der Waals surface area (Å²) in [7, 11) is 1.09. The van der Waals surface area contributed by atoms with Crippen LogP contribution in [0, 0.1) is 5.92 Å². The maximum atomic E-state index is 13.0. The van der Waals surface area contributed by atoms with Crippen molar-refractivity contribution in [1.29, 1.82) is 0 Å². The highest BCUT2D eigenvalue weighted by atomic mass is 35.5. The van der Waals surface area contributed by atoms with Gasteiger partial charge >= 0.3 is 5.97 Å². The molecule has 0 unspecified atom stereocenters. The SMILES string of the molecule is CCc1cccc([C@@H](C)CC)c1NC(=O)C(=O)[C@@H](CC(=O)Nc1ccc(Cl)c(Cl)c1)C(=O)OC. The van der Waals surface area contributed by atoms with E-state index in [2.05, 4.69) is 15.4 Å². The van der Waals surface area contributed by atoms with Gasteiger partial charge in [0.05, 0.1) is 17.2 Å². The second-order valence-electron chi connectivity index (χ2n) is 7.82. The minimum Gasteiger partial charge on any atom is -0.468 e. The second kappa shape index (κ2) is 12.5. The normalized spacial score (nSPS) is 12.4. The van der Waals surface area contributed by atoms with Crippen molar-refractivity contribution in [3.05, 3.63) is 57.6 Å². The van der Waals surface area contributed by atoms with Crippen molar-refractivity contribution in [2.24, 2.45) is 5.92 Å². The minimum atomic E-state index is -1.60. The number of benzene rings is 2. The van der Waals surface area contributed by atoms with Gasteiger partial charge in [0.25, 0.3) is 5.91 Å². The Kier molecular flexibility index (Phi) is 10.1. The number of anilines is 2. The van der Waals surface area contributed by atoms with Crippen LogP contribution in [0.1, 0.15) is 50.7 Å². The Morgan fingerprint density at radius 2 is 1.71 bits per heavy atom. The van der Waals surface area contributed by atoms with Gasteiger partial charge in [0, 0.05) is 17.8 Å². The number of aryl methyl sites for hydroxylation is 1. The molecule has 2 atom stereocenters. The highest BCUT2D eigenvalue weighted by Gasteiger charge is 2.35. The molecule has 0 fully saturated rings. The van der Waals surface area contributed by atoms with E-state index in [4.69, 9.17) is 23.2 Å². The molecule has 182 valence electrons. The summed E-state index contributed by atoms with van der Waals surface area (Å²) in [6.45, 7) is 5.99. The quantitative estimate of drug-likeness (QED) is 0.255. The molecule has 2 N–H and O–H groups in total. The molecule has 0 spiro atoms. The van der Waals surface area contributed by atoms with Crippen LogP contribution in [0.3, 0.4) is 0 Å². The van der Waals surface area contributed by atoms with Crippen molar-refractivity contribution in [2.75, 3.05) is 17.7 Å². The van der Waals surface area contributed by atoms with Crippen molar-refractivity contribution >= 4 is 58.1 Å². The Morgan fingerprint density at radius 1 is 1.00 bits per heavy atom. The number of rotatable bonds is 10. The summed E-state index contributed by atoms with van der Waals surface area (Å²) in [6.07, 6.45) is 0.900. The Bertz CT molecular complexity index is 1090. The molecule has 7 nitrogen and oxygen atoms in total. The van der Waals surface area contributed by atoms with Gasteiger partial charge in [0.2, 0.25) is 11.7 Å². The lowest BCUT2D eigenvalue weighted by molar-refractivity contribution is -0.153. The van der Waals surface area contributed by atoms with Crippen LogP contribution in [0.4, 0.5) is 11.4 Å². The number of carbonyl (C=O) groups is 4. The number of hydrogen-bond acceptors (Lipinski definition) is 5. The van der Waals surface area contributed by atoms with Crippen molar-refractivity contribution in [3.8, 4) is 0 Å². The molecular formula is C25H28Cl2N2O5. The number of nitrogens with one attached hydrogen (secondary N) is 2. The molecule has 2 aromatic rings. The molecule has 0 saturated heterocycles. The summed E-state index contributed by atoms with van der Waals surface area (Å²) in [4.78, 5) is 50.7. The van der Waals surface area contributed by atoms with E-state index in [1.54, 1.807) is 0 Å². The van der Waals surface area contributed by atoms with Crippen LogP contribution in [0.5, 0.6) is 0 Å². The molecule has 2 aromatic carbocycles. The predicted molar refractivity (Wildman–Crippen MR) is 133 cm³/mol. The van der Waals surface area contributed by atoms with Crippen LogP contribution in [-0.2, 0) is 30.3 Å². The Hall–Kier alpha value is -2.90. The number of esters is 1. The first-order chi connectivity index (χ1) is 16.1. The molecule has 2 amide bonds. The van der Waals surface area contributed by atoms with Crippen molar-refractivity contribution in [3.63, 3.8) is 0 Å². The highest BCUT2D eigenvalue weighted by Crippen LogP contribution is 2.31. The number of Topliss-reactive ketones (excluding diaryl/α,β-unsaturated/α-hetero) is 1. The first-order valence-electron chi connectivity index (χ1n) is 10.9. The van der Waals surface area contributed by atoms with E-state index >= 15 is 0 Å². The number of halogens is 2. The second-order valence-corrected chi connectivity index (χ2v) is 8.63. The van der Waals surface area contributed by atoms with Gasteiger partial charge in [0.1, 0.15) is 5.92 Å². The Labute approximate surface area is 209 Å². The molecule has 0 heterocycles. The smallest absolute Gasteiger partial charge is 0.317 e. The maximum Gasteiger partial charge on any atom is 0.317 e. The number of hydrogen-bond donors (Lipinski definition) is 2. The average molecular weight is 507 g/mol. The van der Waals surface area contributed by atoms with Gasteiger partial charge < -0.3 is 15.4 Å². The standard InChI is InChI=1S/C25H28Cl2N2O5/c1-5-14(3)17-9-7-8-15(6-2)22(17)29-24(32)23(31)18(25(33)34-4)13-21(30)28-16-10-11-19(26)20(27)12-16/h7-12,14,18H,5-6,13H2,1-4H3,(H,28,30)(H,29,32)/t14-,18+/m0/s1. The fourth-order valence-electron chi connectivity index (χ4n) is 3.43. The number of carbonyl (C=O) groups excluding carboxylic acids is 4. The topological polar surface area (TPSA) is 102 Å².